The molecule has 0 unspecified atom stereocenters. The predicted molar refractivity (Wildman–Crippen MR) is 203 cm³/mol. The number of benzene rings is 6. The standard InChI is InChI=1S/C44H31N3S/c1-28-11-6-12-29(2)41(28)47-27-46-39-21-9-19-37(42(39)47)36-23-22-35(43-40(36)38-20-10-24-45-44(38)48-43)34-18-8-17-33(26-34)32-16-7-15-31(25-32)30-13-4-3-5-14-30/h3-27H,1-2H3. The summed E-state index contributed by atoms with van der Waals surface area (Å²) < 4.78 is 3.51. The molecular weight excluding hydrogens is 603 g/mol. The Kier molecular flexibility index (Phi) is 6.77. The Labute approximate surface area is 283 Å². The van der Waals surface area contributed by atoms with E-state index in [9.17, 15) is 0 Å². The second kappa shape index (κ2) is 11.4. The van der Waals surface area contributed by atoms with Gasteiger partial charge in [0.25, 0.3) is 0 Å². The summed E-state index contributed by atoms with van der Waals surface area (Å²) in [5.41, 5.74) is 15.3. The minimum atomic E-state index is 0.982. The fourth-order valence-corrected chi connectivity index (χ4v) is 8.39. The maximum absolute atomic E-state index is 4.88. The van der Waals surface area contributed by atoms with E-state index >= 15 is 0 Å². The molecule has 9 aromatic rings. The molecule has 0 fully saturated rings. The van der Waals surface area contributed by atoms with Crippen LogP contribution in [0.2, 0.25) is 0 Å². The largest absolute Gasteiger partial charge is 0.298 e. The van der Waals surface area contributed by atoms with Crippen molar-refractivity contribution in [2.24, 2.45) is 0 Å². The first-order chi connectivity index (χ1) is 23.6. The SMILES string of the molecule is Cc1cccc(C)c1-n1cnc2cccc(-c3ccc(-c4cccc(-c5cccc(-c6ccccc6)c5)c4)c4sc5ncccc5c34)c21. The first-order valence-electron chi connectivity index (χ1n) is 16.2. The van der Waals surface area contributed by atoms with Gasteiger partial charge in [-0.25, -0.2) is 9.97 Å². The number of aromatic nitrogens is 3. The van der Waals surface area contributed by atoms with E-state index in [1.807, 2.05) is 18.6 Å². The molecule has 0 saturated carbocycles. The fraction of sp³-hybridized carbons (Fsp3) is 0.0455. The Balaban J connectivity index is 1.25. The van der Waals surface area contributed by atoms with Crippen LogP contribution in [0.5, 0.6) is 0 Å². The van der Waals surface area contributed by atoms with E-state index in [4.69, 9.17) is 9.97 Å². The van der Waals surface area contributed by atoms with Crippen LogP contribution in [0.3, 0.4) is 0 Å². The zero-order valence-electron chi connectivity index (χ0n) is 26.7. The Hall–Kier alpha value is -5.84. The zero-order valence-corrected chi connectivity index (χ0v) is 27.5. The van der Waals surface area contributed by atoms with Crippen LogP contribution >= 0.6 is 11.3 Å². The van der Waals surface area contributed by atoms with Crippen molar-refractivity contribution in [3.63, 3.8) is 0 Å². The number of pyridine rings is 1. The molecular formula is C44H31N3S. The van der Waals surface area contributed by atoms with Crippen molar-refractivity contribution >= 4 is 42.7 Å². The summed E-state index contributed by atoms with van der Waals surface area (Å²) in [6.45, 7) is 4.35. The van der Waals surface area contributed by atoms with Crippen LogP contribution in [-0.2, 0) is 0 Å². The Bertz CT molecular complexity index is 2630. The molecule has 0 aliphatic rings. The quantitative estimate of drug-likeness (QED) is 0.189. The molecule has 3 nitrogen and oxygen atoms in total. The van der Waals surface area contributed by atoms with E-state index in [0.29, 0.717) is 0 Å². The highest BCUT2D eigenvalue weighted by Crippen LogP contribution is 2.46. The number of hydrogen-bond acceptors (Lipinski definition) is 3. The number of rotatable bonds is 5. The second-order valence-corrected chi connectivity index (χ2v) is 13.4. The monoisotopic (exact) mass is 633 g/mol. The first-order valence-corrected chi connectivity index (χ1v) is 17.1. The molecule has 3 aromatic heterocycles. The number of imidazole rings is 1. The lowest BCUT2D eigenvalue weighted by Crippen LogP contribution is -1.99. The van der Waals surface area contributed by atoms with Crippen LogP contribution in [0, 0.1) is 13.8 Å². The first kappa shape index (κ1) is 28.4. The van der Waals surface area contributed by atoms with Crippen LogP contribution in [0.25, 0.3) is 81.5 Å². The number of fused-ring (bicyclic) bond motifs is 4. The highest BCUT2D eigenvalue weighted by molar-refractivity contribution is 7.26. The van der Waals surface area contributed by atoms with Crippen molar-refractivity contribution in [2.75, 3.05) is 0 Å². The van der Waals surface area contributed by atoms with E-state index in [0.717, 1.165) is 15.9 Å². The highest BCUT2D eigenvalue weighted by atomic mass is 32.1. The number of nitrogens with zero attached hydrogens (tertiary/aromatic N) is 3. The average Bonchev–Trinajstić information content (AvgIpc) is 3.74. The minimum absolute atomic E-state index is 0.982. The Morgan fingerprint density at radius 3 is 1.96 bits per heavy atom. The van der Waals surface area contributed by atoms with Gasteiger partial charge >= 0.3 is 0 Å². The van der Waals surface area contributed by atoms with Crippen molar-refractivity contribution in [3.8, 4) is 50.2 Å². The van der Waals surface area contributed by atoms with Gasteiger partial charge in [-0.3, -0.25) is 4.57 Å². The zero-order chi connectivity index (χ0) is 32.2. The van der Waals surface area contributed by atoms with Crippen LogP contribution in [0.15, 0.2) is 152 Å². The number of hydrogen-bond donors (Lipinski definition) is 0. The third-order valence-corrected chi connectivity index (χ3v) is 10.6. The van der Waals surface area contributed by atoms with E-state index in [1.165, 1.54) is 76.8 Å². The summed E-state index contributed by atoms with van der Waals surface area (Å²) in [4.78, 5) is 10.8. The lowest BCUT2D eigenvalue weighted by molar-refractivity contribution is 1.05. The van der Waals surface area contributed by atoms with Crippen molar-refractivity contribution in [1.29, 1.82) is 0 Å². The molecule has 0 amide bonds. The number of para-hydroxylation sites is 2. The molecule has 48 heavy (non-hydrogen) atoms. The predicted octanol–water partition coefficient (Wildman–Crippen LogP) is 12.1. The molecule has 0 atom stereocenters. The van der Waals surface area contributed by atoms with Crippen LogP contribution in [0.4, 0.5) is 0 Å². The van der Waals surface area contributed by atoms with Crippen molar-refractivity contribution < 1.29 is 0 Å². The highest BCUT2D eigenvalue weighted by Gasteiger charge is 2.20. The van der Waals surface area contributed by atoms with Gasteiger partial charge in [-0.15, -0.1) is 11.3 Å². The topological polar surface area (TPSA) is 30.7 Å². The van der Waals surface area contributed by atoms with E-state index in [2.05, 4.69) is 152 Å². The van der Waals surface area contributed by atoms with Crippen LogP contribution in [0.1, 0.15) is 11.1 Å². The van der Waals surface area contributed by atoms with Crippen molar-refractivity contribution in [3.05, 3.63) is 163 Å². The third kappa shape index (κ3) is 4.64. The van der Waals surface area contributed by atoms with Gasteiger partial charge in [0, 0.05) is 27.2 Å². The smallest absolute Gasteiger partial charge is 0.124 e. The molecule has 0 radical (unpaired) electrons. The Morgan fingerprint density at radius 1 is 0.521 bits per heavy atom. The van der Waals surface area contributed by atoms with Gasteiger partial charge in [-0.2, -0.15) is 0 Å². The molecule has 0 spiro atoms. The van der Waals surface area contributed by atoms with E-state index in [-0.39, 0.29) is 0 Å². The summed E-state index contributed by atoms with van der Waals surface area (Å²) in [7, 11) is 0. The van der Waals surface area contributed by atoms with Crippen molar-refractivity contribution in [2.45, 2.75) is 13.8 Å². The number of aryl methyl sites for hydroxylation is 2. The van der Waals surface area contributed by atoms with Gasteiger partial charge in [0.2, 0.25) is 0 Å². The van der Waals surface area contributed by atoms with E-state index < -0.39 is 0 Å². The van der Waals surface area contributed by atoms with Gasteiger partial charge in [-0.1, -0.05) is 109 Å². The molecule has 0 N–H and O–H groups in total. The molecule has 9 rings (SSSR count). The molecule has 0 aliphatic heterocycles. The average molecular weight is 634 g/mol. The van der Waals surface area contributed by atoms with Crippen LogP contribution < -0.4 is 0 Å². The van der Waals surface area contributed by atoms with Gasteiger partial charge in [0.15, 0.2) is 0 Å². The van der Waals surface area contributed by atoms with Gasteiger partial charge in [0.05, 0.1) is 16.7 Å². The van der Waals surface area contributed by atoms with Crippen LogP contribution in [-0.4, -0.2) is 14.5 Å². The molecule has 0 saturated heterocycles. The summed E-state index contributed by atoms with van der Waals surface area (Å²) in [6.07, 6.45) is 3.87. The summed E-state index contributed by atoms with van der Waals surface area (Å²) in [6, 6.07) is 50.1. The second-order valence-electron chi connectivity index (χ2n) is 12.4. The third-order valence-electron chi connectivity index (χ3n) is 9.41. The normalized spacial score (nSPS) is 11.5. The molecule has 0 bridgehead atoms. The lowest BCUT2D eigenvalue weighted by Gasteiger charge is -2.15. The van der Waals surface area contributed by atoms with Crippen molar-refractivity contribution in [1.82, 2.24) is 14.5 Å². The Morgan fingerprint density at radius 2 is 1.17 bits per heavy atom. The van der Waals surface area contributed by atoms with E-state index in [1.54, 1.807) is 11.3 Å². The fourth-order valence-electron chi connectivity index (χ4n) is 7.18. The maximum atomic E-state index is 4.88. The maximum Gasteiger partial charge on any atom is 0.124 e. The summed E-state index contributed by atoms with van der Waals surface area (Å²) >= 11 is 1.77. The summed E-state index contributed by atoms with van der Waals surface area (Å²) in [5, 5.41) is 2.41. The molecule has 228 valence electrons. The van der Waals surface area contributed by atoms with Gasteiger partial charge in [-0.05, 0) is 94.3 Å². The van der Waals surface area contributed by atoms with Gasteiger partial charge < -0.3 is 0 Å². The number of thiophene rings is 1. The molecule has 6 aromatic carbocycles. The lowest BCUT2D eigenvalue weighted by atomic mass is 9.92. The molecule has 4 heteroatoms. The van der Waals surface area contributed by atoms with Gasteiger partial charge in [0.1, 0.15) is 11.2 Å². The minimum Gasteiger partial charge on any atom is -0.298 e. The molecule has 3 heterocycles. The summed E-state index contributed by atoms with van der Waals surface area (Å²) in [5.74, 6) is 0. The molecule has 0 aliphatic carbocycles.